The van der Waals surface area contributed by atoms with Crippen LogP contribution in [-0.4, -0.2) is 12.1 Å². The maximum atomic E-state index is 4.12. The summed E-state index contributed by atoms with van der Waals surface area (Å²) in [5.41, 5.74) is 0. The van der Waals surface area contributed by atoms with Crippen molar-refractivity contribution in [2.75, 3.05) is 0 Å². The molecule has 60 valence electrons. The van der Waals surface area contributed by atoms with E-state index in [1.54, 1.807) is 12.4 Å². The Morgan fingerprint density at radius 1 is 0.750 bits per heavy atom. The van der Waals surface area contributed by atoms with Gasteiger partial charge in [0.15, 0.2) is 0 Å². The van der Waals surface area contributed by atoms with Gasteiger partial charge in [-0.05, 0) is 0 Å². The maximum absolute atomic E-state index is 4.12. The van der Waals surface area contributed by atoms with Crippen molar-refractivity contribution in [3.8, 4) is 0 Å². The van der Waals surface area contributed by atoms with Gasteiger partial charge >= 0.3 is 37.7 Å². The molecule has 0 spiro atoms. The van der Waals surface area contributed by atoms with E-state index in [2.05, 4.69) is 10.6 Å². The largest absolute Gasteiger partial charge is 1.00 e. The Morgan fingerprint density at radius 3 is 1.17 bits per heavy atom. The first-order chi connectivity index (χ1) is 4.63. The van der Waals surface area contributed by atoms with Gasteiger partial charge in [-0.3, -0.25) is 0 Å². The normalized spacial score (nSPS) is 9.50. The quantitative estimate of drug-likeness (QED) is 0.387. The molecule has 0 saturated heterocycles. The summed E-state index contributed by atoms with van der Waals surface area (Å²) in [6, 6.07) is 0.747. The molecule has 2 nitrogen and oxygen atoms in total. The predicted molar refractivity (Wildman–Crippen MR) is 46.1 cm³/mol. The fraction of sp³-hybridized carbons (Fsp3) is 0.750. The van der Waals surface area contributed by atoms with Gasteiger partial charge in [0.05, 0.1) is 0 Å². The van der Waals surface area contributed by atoms with E-state index in [9.17, 15) is 0 Å². The Kier molecular flexibility index (Phi) is 17.6. The summed E-state index contributed by atoms with van der Waals surface area (Å²) >= 11 is 0. The molecule has 4 heteroatoms. The first kappa shape index (κ1) is 18.3. The van der Waals surface area contributed by atoms with E-state index in [4.69, 9.17) is 0 Å². The number of rotatable bonds is 4. The van der Waals surface area contributed by atoms with Crippen molar-refractivity contribution in [1.29, 1.82) is 0 Å². The zero-order valence-corrected chi connectivity index (χ0v) is 9.20. The summed E-state index contributed by atoms with van der Waals surface area (Å²) < 4.78 is 0. The second kappa shape index (κ2) is 11.5. The Morgan fingerprint density at radius 2 is 1.00 bits per heavy atom. The molecule has 0 aromatic rings. The summed E-state index contributed by atoms with van der Waals surface area (Å²) in [4.78, 5) is 0. The smallest absolute Gasteiger partial charge is 0.690 e. The molecule has 0 aliphatic heterocycles. The molecule has 0 fully saturated rings. The molecule has 0 rings (SSSR count). The Hall–Kier alpha value is 0.535. The van der Waals surface area contributed by atoms with Gasteiger partial charge in [0.1, 0.15) is 0 Å². The van der Waals surface area contributed by atoms with Crippen molar-refractivity contribution in [3.05, 3.63) is 23.0 Å². The topological polar surface area (TPSA) is 28.2 Å². The van der Waals surface area contributed by atoms with Crippen LogP contribution >= 0.6 is 0 Å². The summed E-state index contributed by atoms with van der Waals surface area (Å²) in [6.45, 7) is 8.17. The van der Waals surface area contributed by atoms with Gasteiger partial charge in [0.2, 0.25) is 0 Å². The molecule has 0 aliphatic rings. The molecule has 0 radical (unpaired) electrons. The minimum Gasteiger partial charge on any atom is -0.690 e. The minimum absolute atomic E-state index is 0. The third kappa shape index (κ3) is 16.9. The van der Waals surface area contributed by atoms with Gasteiger partial charge in [0.25, 0.3) is 0 Å². The molecule has 0 aliphatic carbocycles. The second-order valence-corrected chi connectivity index (χ2v) is 2.78. The van der Waals surface area contributed by atoms with E-state index in [1.165, 1.54) is 0 Å². The summed E-state index contributed by atoms with van der Waals surface area (Å²) in [6.07, 6.45) is 3.51. The van der Waals surface area contributed by atoms with Crippen molar-refractivity contribution in [2.45, 2.75) is 39.8 Å². The van der Waals surface area contributed by atoms with Gasteiger partial charge in [0, 0.05) is 0 Å². The van der Waals surface area contributed by atoms with Crippen molar-refractivity contribution in [3.63, 3.8) is 0 Å². The molecule has 0 atom stereocenters. The third-order valence-corrected chi connectivity index (χ3v) is 0.835. The van der Waals surface area contributed by atoms with Crippen LogP contribution in [0.3, 0.4) is 0 Å². The fourth-order valence-electron chi connectivity index (χ4n) is 0.421. The van der Waals surface area contributed by atoms with Gasteiger partial charge in [-0.25, -0.2) is 12.4 Å². The summed E-state index contributed by atoms with van der Waals surface area (Å²) in [5, 5.41) is 8.24. The molecular weight excluding hydrogens is 138 g/mol. The first-order valence-corrected chi connectivity index (χ1v) is 3.68. The molecule has 0 bridgehead atoms. The maximum Gasteiger partial charge on any atom is 1.00 e. The molecule has 0 aromatic heterocycles. The van der Waals surface area contributed by atoms with Gasteiger partial charge < -0.3 is 10.6 Å². The third-order valence-electron chi connectivity index (χ3n) is 0.835. The van der Waals surface area contributed by atoms with Crippen LogP contribution < -0.4 is 37.7 Å². The summed E-state index contributed by atoms with van der Waals surface area (Å²) in [5.74, 6) is 0. The van der Waals surface area contributed by atoms with Crippen LogP contribution in [0.2, 0.25) is 0 Å². The molecule has 0 aromatic carbocycles. The van der Waals surface area contributed by atoms with Crippen LogP contribution in [0.25, 0.3) is 10.6 Å². The molecule has 0 saturated carbocycles. The summed E-state index contributed by atoms with van der Waals surface area (Å²) in [7, 11) is 0. The van der Waals surface area contributed by atoms with E-state index in [-0.39, 0.29) is 37.7 Å². The van der Waals surface area contributed by atoms with Gasteiger partial charge in [-0.2, -0.15) is 0 Å². The number of hydrogen-bond acceptors (Lipinski definition) is 0. The monoisotopic (exact) mass is 154 g/mol. The fourth-order valence-corrected chi connectivity index (χ4v) is 0.421. The van der Waals surface area contributed by atoms with Crippen molar-refractivity contribution in [2.24, 2.45) is 0 Å². The molecule has 0 amide bonds. The first-order valence-electron chi connectivity index (χ1n) is 3.68. The molecule has 0 N–H and O–H groups in total. The average Bonchev–Trinajstić information content (AvgIpc) is 1.79. The van der Waals surface area contributed by atoms with Crippen LogP contribution in [0.15, 0.2) is 12.4 Å². The van der Waals surface area contributed by atoms with Crippen LogP contribution in [0.4, 0.5) is 0 Å². The van der Waals surface area contributed by atoms with E-state index in [0.717, 1.165) is 0 Å². The van der Waals surface area contributed by atoms with Gasteiger partial charge in [-0.1, -0.05) is 27.7 Å². The Labute approximate surface area is 100 Å². The Bertz CT molecular complexity index is 91.2. The SMILES string of the molecule is CC(C)[N-]/C=C\[N-]C(C)C.[Li+].[Li+]. The van der Waals surface area contributed by atoms with Crippen LogP contribution in [0.1, 0.15) is 27.7 Å². The van der Waals surface area contributed by atoms with E-state index >= 15 is 0 Å². The Balaban J connectivity index is -0.000000405. The predicted octanol–water partition coefficient (Wildman–Crippen LogP) is -2.97. The average molecular weight is 154 g/mol. The second-order valence-electron chi connectivity index (χ2n) is 2.78. The molecule has 0 unspecified atom stereocenters. The van der Waals surface area contributed by atoms with E-state index < -0.39 is 0 Å². The standard InChI is InChI=1S/C8H16N2.2Li/c1-7(2)9-5-6-10-8(3)4;;/h5-8H,1-4H3;;/q-2;2*+1/b6-5-;;. The van der Waals surface area contributed by atoms with E-state index in [0.29, 0.717) is 12.1 Å². The van der Waals surface area contributed by atoms with Crippen LogP contribution in [0.5, 0.6) is 0 Å². The van der Waals surface area contributed by atoms with Crippen molar-refractivity contribution >= 4 is 0 Å². The van der Waals surface area contributed by atoms with Gasteiger partial charge in [-0.15, -0.1) is 12.1 Å². The van der Waals surface area contributed by atoms with Crippen molar-refractivity contribution < 1.29 is 37.7 Å². The molecule has 0 heterocycles. The van der Waals surface area contributed by atoms with Crippen LogP contribution in [-0.2, 0) is 0 Å². The van der Waals surface area contributed by atoms with Crippen LogP contribution in [0, 0.1) is 0 Å². The molecular formula is C8H16Li2N2. The zero-order chi connectivity index (χ0) is 7.98. The minimum atomic E-state index is 0. The van der Waals surface area contributed by atoms with Crippen molar-refractivity contribution in [1.82, 2.24) is 0 Å². The number of nitrogens with zero attached hydrogens (tertiary/aromatic N) is 2. The molecule has 12 heavy (non-hydrogen) atoms. The van der Waals surface area contributed by atoms with E-state index in [1.807, 2.05) is 27.7 Å². The number of hydrogen-bond donors (Lipinski definition) is 0. The zero-order valence-electron chi connectivity index (χ0n) is 9.20.